The third kappa shape index (κ3) is 1.61. The summed E-state index contributed by atoms with van der Waals surface area (Å²) < 4.78 is 0. The fourth-order valence-electron chi connectivity index (χ4n) is 1.23. The highest BCUT2D eigenvalue weighted by atomic mass is 35.5. The minimum absolute atomic E-state index is 0.285. The summed E-state index contributed by atoms with van der Waals surface area (Å²) in [4.78, 5) is 0. The molecule has 0 amide bonds. The highest BCUT2D eigenvalue weighted by Gasteiger charge is 2.43. The van der Waals surface area contributed by atoms with E-state index in [1.807, 2.05) is 6.92 Å². The second-order valence-corrected chi connectivity index (χ2v) is 4.60. The predicted octanol–water partition coefficient (Wildman–Crippen LogP) is 5.01. The second kappa shape index (κ2) is 4.20. The first-order valence-corrected chi connectivity index (χ1v) is 5.73. The highest BCUT2D eigenvalue weighted by Crippen LogP contribution is 2.55. The Morgan fingerprint density at radius 1 is 1.00 bits per heavy atom. The van der Waals surface area contributed by atoms with Gasteiger partial charge < -0.3 is 0 Å². The first-order chi connectivity index (χ1) is 6.01. The molecular formula is C8H7Cl5. The number of allylic oxidation sites excluding steroid dienone is 4. The van der Waals surface area contributed by atoms with Crippen LogP contribution < -0.4 is 0 Å². The fraction of sp³-hybridized carbons (Fsp3) is 0.500. The van der Waals surface area contributed by atoms with Gasteiger partial charge in [-0.05, 0) is 6.42 Å². The summed E-state index contributed by atoms with van der Waals surface area (Å²) >= 11 is 29.6. The number of hydrogen-bond donors (Lipinski definition) is 0. The Labute approximate surface area is 102 Å². The zero-order valence-electron chi connectivity index (χ0n) is 6.80. The number of alkyl halides is 1. The van der Waals surface area contributed by atoms with Gasteiger partial charge in [0.2, 0.25) is 0 Å². The Kier molecular flexibility index (Phi) is 3.88. The molecule has 0 bridgehead atoms. The molecule has 0 saturated heterocycles. The van der Waals surface area contributed by atoms with Crippen LogP contribution in [0.2, 0.25) is 0 Å². The van der Waals surface area contributed by atoms with Gasteiger partial charge in [-0.2, -0.15) is 0 Å². The maximum atomic E-state index is 6.03. The summed E-state index contributed by atoms with van der Waals surface area (Å²) in [6, 6.07) is 0. The standard InChI is InChI=1S/C8H7Cl5/c1-2-8(3-9)6(12)4(10)5(11)7(8)13/h2-3H2,1H3. The van der Waals surface area contributed by atoms with Gasteiger partial charge >= 0.3 is 0 Å². The van der Waals surface area contributed by atoms with E-state index in [2.05, 4.69) is 0 Å². The third-order valence-corrected chi connectivity index (χ3v) is 4.85. The molecule has 5 heteroatoms. The van der Waals surface area contributed by atoms with Crippen LogP contribution in [-0.4, -0.2) is 5.88 Å². The molecule has 0 radical (unpaired) electrons. The molecule has 0 aromatic carbocycles. The van der Waals surface area contributed by atoms with Crippen molar-refractivity contribution in [3.63, 3.8) is 0 Å². The van der Waals surface area contributed by atoms with Crippen molar-refractivity contribution in [1.82, 2.24) is 0 Å². The summed E-state index contributed by atoms with van der Waals surface area (Å²) in [5.74, 6) is 0.285. The molecule has 74 valence electrons. The third-order valence-electron chi connectivity index (χ3n) is 2.25. The topological polar surface area (TPSA) is 0 Å². The maximum absolute atomic E-state index is 6.03. The smallest absolute Gasteiger partial charge is 0.0759 e. The molecule has 0 aromatic rings. The van der Waals surface area contributed by atoms with Crippen LogP contribution in [0.5, 0.6) is 0 Å². The first-order valence-electron chi connectivity index (χ1n) is 3.69. The van der Waals surface area contributed by atoms with Gasteiger partial charge in [-0.15, -0.1) is 11.6 Å². The molecule has 0 spiro atoms. The van der Waals surface area contributed by atoms with Crippen molar-refractivity contribution in [2.75, 3.05) is 5.88 Å². The minimum Gasteiger partial charge on any atom is -0.125 e. The van der Waals surface area contributed by atoms with Gasteiger partial charge in [0.15, 0.2) is 0 Å². The molecule has 0 saturated carbocycles. The van der Waals surface area contributed by atoms with Crippen LogP contribution in [0, 0.1) is 5.41 Å². The SMILES string of the molecule is CCC1(CCl)C(Cl)=C(Cl)C(Cl)=C1Cl. The van der Waals surface area contributed by atoms with Crippen LogP contribution in [-0.2, 0) is 0 Å². The molecule has 0 unspecified atom stereocenters. The molecule has 0 fully saturated rings. The van der Waals surface area contributed by atoms with Crippen molar-refractivity contribution in [1.29, 1.82) is 0 Å². The number of hydrogen-bond acceptors (Lipinski definition) is 0. The average Bonchev–Trinajstić information content (AvgIpc) is 2.31. The molecule has 1 aliphatic carbocycles. The minimum atomic E-state index is -0.571. The van der Waals surface area contributed by atoms with E-state index in [1.165, 1.54) is 0 Å². The molecule has 0 heterocycles. The predicted molar refractivity (Wildman–Crippen MR) is 60.9 cm³/mol. The quantitative estimate of drug-likeness (QED) is 0.623. The Bertz CT molecular complexity index is 259. The van der Waals surface area contributed by atoms with Crippen molar-refractivity contribution in [3.05, 3.63) is 20.1 Å². The lowest BCUT2D eigenvalue weighted by atomic mass is 9.89. The van der Waals surface area contributed by atoms with E-state index in [-0.39, 0.29) is 5.88 Å². The van der Waals surface area contributed by atoms with Crippen LogP contribution in [0.4, 0.5) is 0 Å². The first kappa shape index (κ1) is 12.0. The zero-order chi connectivity index (χ0) is 10.2. The van der Waals surface area contributed by atoms with Crippen molar-refractivity contribution < 1.29 is 0 Å². The van der Waals surface area contributed by atoms with E-state index in [1.54, 1.807) is 0 Å². The monoisotopic (exact) mass is 278 g/mol. The van der Waals surface area contributed by atoms with E-state index in [9.17, 15) is 0 Å². The fourth-order valence-corrected chi connectivity index (χ4v) is 3.30. The van der Waals surface area contributed by atoms with Crippen molar-refractivity contribution >= 4 is 58.0 Å². The van der Waals surface area contributed by atoms with Crippen LogP contribution in [0.25, 0.3) is 0 Å². The van der Waals surface area contributed by atoms with Gasteiger partial charge in [-0.25, -0.2) is 0 Å². The van der Waals surface area contributed by atoms with Gasteiger partial charge in [0.1, 0.15) is 0 Å². The van der Waals surface area contributed by atoms with E-state index < -0.39 is 5.41 Å². The number of halogens is 5. The van der Waals surface area contributed by atoms with Gasteiger partial charge in [0.05, 0.1) is 25.5 Å². The molecule has 0 aliphatic heterocycles. The van der Waals surface area contributed by atoms with Gasteiger partial charge in [0, 0.05) is 5.88 Å². The molecule has 1 rings (SSSR count). The lowest BCUT2D eigenvalue weighted by molar-refractivity contribution is 0.521. The van der Waals surface area contributed by atoms with Crippen LogP contribution in [0.15, 0.2) is 20.1 Å². The Hall–Kier alpha value is 0.930. The van der Waals surface area contributed by atoms with Crippen LogP contribution >= 0.6 is 58.0 Å². The van der Waals surface area contributed by atoms with Crippen molar-refractivity contribution in [3.8, 4) is 0 Å². The number of rotatable bonds is 2. The molecule has 0 aromatic heterocycles. The molecule has 0 atom stereocenters. The summed E-state index contributed by atoms with van der Waals surface area (Å²) in [5, 5.41) is 1.52. The molecule has 13 heavy (non-hydrogen) atoms. The van der Waals surface area contributed by atoms with E-state index in [4.69, 9.17) is 58.0 Å². The Balaban J connectivity index is 3.28. The zero-order valence-corrected chi connectivity index (χ0v) is 10.6. The van der Waals surface area contributed by atoms with Crippen molar-refractivity contribution in [2.24, 2.45) is 5.41 Å². The molecular weight excluding hydrogens is 273 g/mol. The van der Waals surface area contributed by atoms with Crippen LogP contribution in [0.1, 0.15) is 13.3 Å². The van der Waals surface area contributed by atoms with E-state index >= 15 is 0 Å². The Morgan fingerprint density at radius 3 is 1.54 bits per heavy atom. The van der Waals surface area contributed by atoms with Gasteiger partial charge in [-0.1, -0.05) is 53.3 Å². The Morgan fingerprint density at radius 2 is 1.38 bits per heavy atom. The molecule has 0 nitrogen and oxygen atoms in total. The summed E-state index contributed by atoms with van der Waals surface area (Å²) in [6.07, 6.45) is 0.681. The highest BCUT2D eigenvalue weighted by molar-refractivity contribution is 6.53. The summed E-state index contributed by atoms with van der Waals surface area (Å²) in [7, 11) is 0. The van der Waals surface area contributed by atoms with Gasteiger partial charge in [-0.3, -0.25) is 0 Å². The van der Waals surface area contributed by atoms with Crippen molar-refractivity contribution in [2.45, 2.75) is 13.3 Å². The second-order valence-electron chi connectivity index (χ2n) is 2.83. The van der Waals surface area contributed by atoms with E-state index in [0.717, 1.165) is 0 Å². The van der Waals surface area contributed by atoms with Crippen LogP contribution in [0.3, 0.4) is 0 Å². The molecule has 1 aliphatic rings. The lowest BCUT2D eigenvalue weighted by Gasteiger charge is -2.25. The maximum Gasteiger partial charge on any atom is 0.0759 e. The largest absolute Gasteiger partial charge is 0.125 e. The summed E-state index contributed by atoms with van der Waals surface area (Å²) in [6.45, 7) is 1.94. The normalized spacial score (nSPS) is 21.7. The summed E-state index contributed by atoms with van der Waals surface area (Å²) in [5.41, 5.74) is -0.571. The molecule has 0 N–H and O–H groups in total. The van der Waals surface area contributed by atoms with E-state index in [0.29, 0.717) is 26.5 Å². The van der Waals surface area contributed by atoms with Gasteiger partial charge in [0.25, 0.3) is 0 Å². The average molecular weight is 280 g/mol. The lowest BCUT2D eigenvalue weighted by Crippen LogP contribution is -2.20.